The van der Waals surface area contributed by atoms with Crippen molar-refractivity contribution in [3.05, 3.63) is 0 Å². The quantitative estimate of drug-likeness (QED) is 0.414. The third kappa shape index (κ3) is 3.21. The van der Waals surface area contributed by atoms with E-state index >= 15 is 0 Å². The van der Waals surface area contributed by atoms with Crippen LogP contribution in [0.1, 0.15) is 73.6 Å². The highest BCUT2D eigenvalue weighted by atomic mass is 28.3. The zero-order valence-corrected chi connectivity index (χ0v) is 17.1. The minimum atomic E-state index is -2.08. The summed E-state index contributed by atoms with van der Waals surface area (Å²) in [6.07, 6.45) is 4.60. The smallest absolute Gasteiger partial charge is 0.311 e. The van der Waals surface area contributed by atoms with Crippen LogP contribution in [0.5, 0.6) is 0 Å². The minimum absolute atomic E-state index is 0.00298. The van der Waals surface area contributed by atoms with Crippen LogP contribution >= 0.6 is 0 Å². The molecule has 1 rings (SSSR count). The van der Waals surface area contributed by atoms with E-state index in [-0.39, 0.29) is 11.9 Å². The van der Waals surface area contributed by atoms with E-state index in [4.69, 9.17) is 0 Å². The number of imide groups is 1. The summed E-state index contributed by atoms with van der Waals surface area (Å²) in [6.45, 7) is 13.3. The van der Waals surface area contributed by atoms with E-state index in [2.05, 4.69) is 20.8 Å². The summed E-state index contributed by atoms with van der Waals surface area (Å²) in [5.74, 6) is 0.108. The molecule has 23 heavy (non-hydrogen) atoms. The number of rotatable bonds is 10. The lowest BCUT2D eigenvalue weighted by molar-refractivity contribution is -0.131. The molecule has 0 spiro atoms. The number of likely N-dealkylation sites (N-methyl/N-ethyl adjacent to an activating group) is 1. The molecule has 0 radical (unpaired) electrons. The molecule has 0 aromatic rings. The predicted octanol–water partition coefficient (Wildman–Crippen LogP) is 5.00. The average Bonchev–Trinajstić information content (AvgIpc) is 2.75. The molecule has 1 aliphatic heterocycles. The predicted molar refractivity (Wildman–Crippen MR) is 99.0 cm³/mol. The van der Waals surface area contributed by atoms with Crippen LogP contribution in [-0.4, -0.2) is 41.7 Å². The maximum atomic E-state index is 13.4. The third-order valence-corrected chi connectivity index (χ3v) is 11.3. The van der Waals surface area contributed by atoms with Crippen molar-refractivity contribution in [3.8, 4) is 0 Å². The standard InChI is InChI=1S/C18H36N2O2Si/c1-7-13-23(14-8-2,15-9-3)20-16(21)18(10-4,11-5)19(12-6)17(20)22/h7-15H2,1-6H3. The highest BCUT2D eigenvalue weighted by Crippen LogP contribution is 2.41. The van der Waals surface area contributed by atoms with E-state index in [9.17, 15) is 9.59 Å². The van der Waals surface area contributed by atoms with Crippen LogP contribution in [-0.2, 0) is 4.79 Å². The van der Waals surface area contributed by atoms with E-state index in [0.29, 0.717) is 19.4 Å². The zero-order chi connectivity index (χ0) is 17.7. The monoisotopic (exact) mass is 340 g/mol. The normalized spacial score (nSPS) is 18.2. The number of carbonyl (C=O) groups excluding carboxylic acids is 2. The number of urea groups is 1. The summed E-state index contributed by atoms with van der Waals surface area (Å²) in [5.41, 5.74) is -0.598. The van der Waals surface area contributed by atoms with E-state index in [0.717, 1.165) is 37.4 Å². The topological polar surface area (TPSA) is 40.6 Å². The molecule has 0 saturated carbocycles. The fourth-order valence-electron chi connectivity index (χ4n) is 4.61. The summed E-state index contributed by atoms with van der Waals surface area (Å²) in [4.78, 5) is 28.5. The summed E-state index contributed by atoms with van der Waals surface area (Å²) >= 11 is 0. The number of carbonyl (C=O) groups is 2. The van der Waals surface area contributed by atoms with Crippen molar-refractivity contribution in [2.45, 2.75) is 97.3 Å². The Morgan fingerprint density at radius 3 is 1.52 bits per heavy atom. The van der Waals surface area contributed by atoms with Gasteiger partial charge in [0.25, 0.3) is 0 Å². The lowest BCUT2D eigenvalue weighted by Crippen LogP contribution is -2.57. The Hall–Kier alpha value is -0.843. The second-order valence-corrected chi connectivity index (χ2v) is 11.3. The van der Waals surface area contributed by atoms with Crippen molar-refractivity contribution in [3.63, 3.8) is 0 Å². The summed E-state index contributed by atoms with van der Waals surface area (Å²) in [6, 6.07) is 3.15. The van der Waals surface area contributed by atoms with Gasteiger partial charge < -0.3 is 4.90 Å². The molecule has 0 bridgehead atoms. The van der Waals surface area contributed by atoms with E-state index in [1.165, 1.54) is 0 Å². The van der Waals surface area contributed by atoms with Crippen molar-refractivity contribution < 1.29 is 9.59 Å². The molecule has 3 amide bonds. The van der Waals surface area contributed by atoms with Gasteiger partial charge >= 0.3 is 6.03 Å². The Morgan fingerprint density at radius 1 is 0.826 bits per heavy atom. The van der Waals surface area contributed by atoms with Crippen LogP contribution in [0.2, 0.25) is 18.1 Å². The van der Waals surface area contributed by atoms with E-state index in [1.54, 1.807) is 0 Å². The van der Waals surface area contributed by atoms with Crippen LogP contribution in [0.3, 0.4) is 0 Å². The van der Waals surface area contributed by atoms with Crippen molar-refractivity contribution in [1.29, 1.82) is 0 Å². The van der Waals surface area contributed by atoms with Gasteiger partial charge in [-0.1, -0.05) is 53.9 Å². The lowest BCUT2D eigenvalue weighted by atomic mass is 9.91. The second-order valence-electron chi connectivity index (χ2n) is 6.88. The van der Waals surface area contributed by atoms with Gasteiger partial charge in [-0.05, 0) is 37.9 Å². The molecular formula is C18H36N2O2Si. The zero-order valence-electron chi connectivity index (χ0n) is 16.1. The molecule has 1 heterocycles. The Balaban J connectivity index is 3.41. The van der Waals surface area contributed by atoms with E-state index < -0.39 is 13.8 Å². The first-order valence-corrected chi connectivity index (χ1v) is 12.2. The molecule has 0 aromatic carbocycles. The molecule has 0 aromatic heterocycles. The maximum absolute atomic E-state index is 13.4. The van der Waals surface area contributed by atoms with Gasteiger partial charge in [-0.15, -0.1) is 0 Å². The SMILES string of the molecule is CCC[Si](CCC)(CCC)N1C(=O)N(CC)C(CC)(CC)C1=O. The number of hydrogen-bond donors (Lipinski definition) is 0. The lowest BCUT2D eigenvalue weighted by Gasteiger charge is -2.38. The van der Waals surface area contributed by atoms with E-state index in [1.807, 2.05) is 30.2 Å². The minimum Gasteiger partial charge on any atom is -0.311 e. The molecule has 1 saturated heterocycles. The number of amides is 3. The molecule has 0 N–H and O–H groups in total. The molecule has 5 heteroatoms. The van der Waals surface area contributed by atoms with Crippen LogP contribution in [0.25, 0.3) is 0 Å². The molecule has 1 fully saturated rings. The molecule has 0 atom stereocenters. The van der Waals surface area contributed by atoms with Gasteiger partial charge in [-0.25, -0.2) is 4.79 Å². The molecule has 0 aliphatic carbocycles. The first-order valence-electron chi connectivity index (χ1n) is 9.60. The van der Waals surface area contributed by atoms with Gasteiger partial charge in [0.1, 0.15) is 5.54 Å². The van der Waals surface area contributed by atoms with Crippen LogP contribution in [0.15, 0.2) is 0 Å². The first-order chi connectivity index (χ1) is 10.9. The average molecular weight is 341 g/mol. The van der Waals surface area contributed by atoms with Gasteiger partial charge in [0.2, 0.25) is 5.91 Å². The molecule has 0 unspecified atom stereocenters. The van der Waals surface area contributed by atoms with Gasteiger partial charge in [-0.2, -0.15) is 0 Å². The summed E-state index contributed by atoms with van der Waals surface area (Å²) < 4.78 is 1.82. The highest BCUT2D eigenvalue weighted by molar-refractivity contribution is 6.81. The van der Waals surface area contributed by atoms with Crippen molar-refractivity contribution in [1.82, 2.24) is 9.47 Å². The van der Waals surface area contributed by atoms with Gasteiger partial charge in [0, 0.05) is 6.54 Å². The fourth-order valence-corrected chi connectivity index (χ4v) is 9.99. The van der Waals surface area contributed by atoms with Crippen LogP contribution in [0.4, 0.5) is 4.79 Å². The van der Waals surface area contributed by atoms with Gasteiger partial charge in [0.15, 0.2) is 8.24 Å². The summed E-state index contributed by atoms with van der Waals surface area (Å²) in [7, 11) is -2.08. The summed E-state index contributed by atoms with van der Waals surface area (Å²) in [5, 5.41) is 0. The number of hydrogen-bond acceptors (Lipinski definition) is 2. The Labute approximate surface area is 143 Å². The number of nitrogens with zero attached hydrogens (tertiary/aromatic N) is 2. The molecule has 1 aliphatic rings. The Kier molecular flexibility index (Phi) is 7.30. The van der Waals surface area contributed by atoms with Crippen molar-refractivity contribution in [2.24, 2.45) is 0 Å². The van der Waals surface area contributed by atoms with Gasteiger partial charge in [0.05, 0.1) is 0 Å². The molecule has 134 valence electrons. The molecular weight excluding hydrogens is 304 g/mol. The van der Waals surface area contributed by atoms with Crippen LogP contribution in [0, 0.1) is 0 Å². The first kappa shape index (κ1) is 20.2. The second kappa shape index (κ2) is 8.31. The fraction of sp³-hybridized carbons (Fsp3) is 0.889. The Morgan fingerprint density at radius 2 is 1.26 bits per heavy atom. The third-order valence-electron chi connectivity index (χ3n) is 5.65. The van der Waals surface area contributed by atoms with Crippen LogP contribution < -0.4 is 0 Å². The Bertz CT molecular complexity index is 404. The highest BCUT2D eigenvalue weighted by Gasteiger charge is 2.59. The van der Waals surface area contributed by atoms with Crippen molar-refractivity contribution in [2.75, 3.05) is 6.54 Å². The largest absolute Gasteiger partial charge is 0.319 e. The van der Waals surface area contributed by atoms with Gasteiger partial charge in [-0.3, -0.25) is 9.36 Å². The molecule has 4 nitrogen and oxygen atoms in total. The maximum Gasteiger partial charge on any atom is 0.319 e. The van der Waals surface area contributed by atoms with Crippen molar-refractivity contribution >= 4 is 20.2 Å².